The van der Waals surface area contributed by atoms with Crippen LogP contribution in [-0.4, -0.2) is 20.3 Å². The van der Waals surface area contributed by atoms with Crippen molar-refractivity contribution in [2.24, 2.45) is 5.92 Å². The predicted molar refractivity (Wildman–Crippen MR) is 64.8 cm³/mol. The molecule has 0 aliphatic carbocycles. The molecule has 0 saturated carbocycles. The van der Waals surface area contributed by atoms with Gasteiger partial charge in [0.05, 0.1) is 19.8 Å². The Labute approximate surface area is 99.7 Å². The third kappa shape index (κ3) is 5.30. The standard InChI is InChI=1S/C12H17BrO2/c1-10(7-14-2)8-15-9-11-3-5-12(13)6-4-11/h3-6,10H,7-9H2,1-2H3/t10-/m0/s1. The number of benzene rings is 1. The first-order chi connectivity index (χ1) is 7.22. The summed E-state index contributed by atoms with van der Waals surface area (Å²) in [5.74, 6) is 0.449. The average molecular weight is 273 g/mol. The van der Waals surface area contributed by atoms with Crippen molar-refractivity contribution in [3.8, 4) is 0 Å². The zero-order valence-corrected chi connectivity index (χ0v) is 10.8. The minimum absolute atomic E-state index is 0.449. The molecule has 0 aliphatic rings. The van der Waals surface area contributed by atoms with Crippen LogP contribution in [0.15, 0.2) is 28.7 Å². The highest BCUT2D eigenvalue weighted by Crippen LogP contribution is 2.11. The van der Waals surface area contributed by atoms with Gasteiger partial charge in [-0.15, -0.1) is 0 Å². The van der Waals surface area contributed by atoms with E-state index in [4.69, 9.17) is 9.47 Å². The van der Waals surface area contributed by atoms with E-state index >= 15 is 0 Å². The number of rotatable bonds is 6. The lowest BCUT2D eigenvalue weighted by Crippen LogP contribution is -2.11. The van der Waals surface area contributed by atoms with Gasteiger partial charge in [0, 0.05) is 17.5 Å². The molecular formula is C12H17BrO2. The molecule has 0 saturated heterocycles. The molecule has 3 heteroatoms. The van der Waals surface area contributed by atoms with Gasteiger partial charge in [0.2, 0.25) is 0 Å². The number of halogens is 1. The minimum atomic E-state index is 0.449. The molecule has 2 nitrogen and oxygen atoms in total. The molecule has 0 aromatic heterocycles. The summed E-state index contributed by atoms with van der Waals surface area (Å²) in [5.41, 5.74) is 1.20. The van der Waals surface area contributed by atoms with E-state index in [2.05, 4.69) is 35.0 Å². The molecule has 0 unspecified atom stereocenters. The third-order valence-electron chi connectivity index (χ3n) is 2.04. The summed E-state index contributed by atoms with van der Waals surface area (Å²) in [7, 11) is 1.71. The third-order valence-corrected chi connectivity index (χ3v) is 2.56. The van der Waals surface area contributed by atoms with Crippen LogP contribution < -0.4 is 0 Å². The van der Waals surface area contributed by atoms with E-state index in [1.807, 2.05) is 12.1 Å². The van der Waals surface area contributed by atoms with Gasteiger partial charge in [0.1, 0.15) is 0 Å². The molecule has 0 radical (unpaired) electrons. The molecular weight excluding hydrogens is 256 g/mol. The second kappa shape index (κ2) is 6.99. The van der Waals surface area contributed by atoms with Crippen molar-refractivity contribution in [2.75, 3.05) is 20.3 Å². The average Bonchev–Trinajstić information content (AvgIpc) is 2.21. The normalized spacial score (nSPS) is 12.7. The van der Waals surface area contributed by atoms with Crippen molar-refractivity contribution >= 4 is 15.9 Å². The highest BCUT2D eigenvalue weighted by molar-refractivity contribution is 9.10. The molecule has 0 aliphatic heterocycles. The molecule has 0 amide bonds. The Bertz CT molecular complexity index is 271. The number of hydrogen-bond acceptors (Lipinski definition) is 2. The van der Waals surface area contributed by atoms with Crippen molar-refractivity contribution in [1.82, 2.24) is 0 Å². The van der Waals surface area contributed by atoms with Crippen LogP contribution in [-0.2, 0) is 16.1 Å². The number of methoxy groups -OCH3 is 1. The fourth-order valence-corrected chi connectivity index (χ4v) is 1.56. The summed E-state index contributed by atoms with van der Waals surface area (Å²) >= 11 is 3.40. The molecule has 1 aromatic carbocycles. The van der Waals surface area contributed by atoms with Crippen LogP contribution in [0.2, 0.25) is 0 Å². The molecule has 0 heterocycles. The molecule has 0 N–H and O–H groups in total. The van der Waals surface area contributed by atoms with Gasteiger partial charge in [-0.1, -0.05) is 35.0 Å². The smallest absolute Gasteiger partial charge is 0.0717 e. The van der Waals surface area contributed by atoms with Crippen LogP contribution >= 0.6 is 15.9 Å². The lowest BCUT2D eigenvalue weighted by Gasteiger charge is -2.10. The van der Waals surface area contributed by atoms with E-state index in [0.717, 1.165) is 17.7 Å². The number of hydrogen-bond donors (Lipinski definition) is 0. The van der Waals surface area contributed by atoms with E-state index in [1.165, 1.54) is 5.56 Å². The van der Waals surface area contributed by atoms with Crippen molar-refractivity contribution in [1.29, 1.82) is 0 Å². The monoisotopic (exact) mass is 272 g/mol. The summed E-state index contributed by atoms with van der Waals surface area (Å²) in [5, 5.41) is 0. The molecule has 1 rings (SSSR count). The largest absolute Gasteiger partial charge is 0.384 e. The first-order valence-corrected chi connectivity index (χ1v) is 5.83. The van der Waals surface area contributed by atoms with E-state index in [1.54, 1.807) is 7.11 Å². The zero-order valence-electron chi connectivity index (χ0n) is 9.20. The topological polar surface area (TPSA) is 18.5 Å². The van der Waals surface area contributed by atoms with Gasteiger partial charge >= 0.3 is 0 Å². The Hall–Kier alpha value is -0.380. The van der Waals surface area contributed by atoms with Crippen LogP contribution in [0.4, 0.5) is 0 Å². The highest BCUT2D eigenvalue weighted by atomic mass is 79.9. The van der Waals surface area contributed by atoms with Gasteiger partial charge in [-0.05, 0) is 17.7 Å². The first kappa shape index (κ1) is 12.7. The van der Waals surface area contributed by atoms with E-state index in [9.17, 15) is 0 Å². The molecule has 1 atom stereocenters. The van der Waals surface area contributed by atoms with E-state index in [-0.39, 0.29) is 0 Å². The van der Waals surface area contributed by atoms with Crippen molar-refractivity contribution in [2.45, 2.75) is 13.5 Å². The SMILES string of the molecule is COC[C@H](C)COCc1ccc(Br)cc1. The fourth-order valence-electron chi connectivity index (χ4n) is 1.29. The molecule has 0 bridgehead atoms. The Morgan fingerprint density at radius 3 is 2.47 bits per heavy atom. The summed E-state index contributed by atoms with van der Waals surface area (Å²) in [4.78, 5) is 0. The molecule has 0 fully saturated rings. The summed E-state index contributed by atoms with van der Waals surface area (Å²) < 4.78 is 11.7. The maximum atomic E-state index is 5.58. The van der Waals surface area contributed by atoms with Gasteiger partial charge < -0.3 is 9.47 Å². The quantitative estimate of drug-likeness (QED) is 0.792. The predicted octanol–water partition coefficient (Wildman–Crippen LogP) is 3.25. The molecule has 15 heavy (non-hydrogen) atoms. The second-order valence-electron chi connectivity index (χ2n) is 3.70. The Kier molecular flexibility index (Phi) is 5.91. The molecule has 84 valence electrons. The maximum absolute atomic E-state index is 5.58. The van der Waals surface area contributed by atoms with Gasteiger partial charge in [-0.3, -0.25) is 0 Å². The Morgan fingerprint density at radius 2 is 1.87 bits per heavy atom. The summed E-state index contributed by atoms with van der Waals surface area (Å²) in [6.45, 7) is 4.27. The second-order valence-corrected chi connectivity index (χ2v) is 4.62. The molecule has 1 aromatic rings. The van der Waals surface area contributed by atoms with Crippen molar-refractivity contribution < 1.29 is 9.47 Å². The maximum Gasteiger partial charge on any atom is 0.0717 e. The van der Waals surface area contributed by atoms with Gasteiger partial charge in [0.25, 0.3) is 0 Å². The number of ether oxygens (including phenoxy) is 2. The molecule has 0 spiro atoms. The van der Waals surface area contributed by atoms with Crippen LogP contribution in [0.25, 0.3) is 0 Å². The highest BCUT2D eigenvalue weighted by Gasteiger charge is 2.01. The minimum Gasteiger partial charge on any atom is -0.384 e. The lowest BCUT2D eigenvalue weighted by atomic mass is 10.2. The van der Waals surface area contributed by atoms with Crippen LogP contribution in [0.1, 0.15) is 12.5 Å². The van der Waals surface area contributed by atoms with E-state index in [0.29, 0.717) is 12.5 Å². The lowest BCUT2D eigenvalue weighted by molar-refractivity contribution is 0.0561. The summed E-state index contributed by atoms with van der Waals surface area (Å²) in [6.07, 6.45) is 0. The Morgan fingerprint density at radius 1 is 1.20 bits per heavy atom. The van der Waals surface area contributed by atoms with Crippen molar-refractivity contribution in [3.05, 3.63) is 34.3 Å². The van der Waals surface area contributed by atoms with Gasteiger partial charge in [0.15, 0.2) is 0 Å². The van der Waals surface area contributed by atoms with Gasteiger partial charge in [-0.2, -0.15) is 0 Å². The summed E-state index contributed by atoms with van der Waals surface area (Å²) in [6, 6.07) is 8.17. The van der Waals surface area contributed by atoms with Crippen LogP contribution in [0, 0.1) is 5.92 Å². The first-order valence-electron chi connectivity index (χ1n) is 5.03. The zero-order chi connectivity index (χ0) is 11.1. The fraction of sp³-hybridized carbons (Fsp3) is 0.500. The van der Waals surface area contributed by atoms with Crippen LogP contribution in [0.5, 0.6) is 0 Å². The van der Waals surface area contributed by atoms with Crippen molar-refractivity contribution in [3.63, 3.8) is 0 Å². The Balaban J connectivity index is 2.22. The van der Waals surface area contributed by atoms with E-state index < -0.39 is 0 Å². The van der Waals surface area contributed by atoms with Gasteiger partial charge in [-0.25, -0.2) is 0 Å². The van der Waals surface area contributed by atoms with Crippen LogP contribution in [0.3, 0.4) is 0 Å².